The van der Waals surface area contributed by atoms with Gasteiger partial charge in [-0.15, -0.1) is 11.3 Å². The van der Waals surface area contributed by atoms with Crippen molar-refractivity contribution >= 4 is 55.7 Å². The van der Waals surface area contributed by atoms with Gasteiger partial charge >= 0.3 is 6.03 Å². The number of pyridine rings is 2. The van der Waals surface area contributed by atoms with Gasteiger partial charge in [-0.3, -0.25) is 0 Å². The molecule has 1 saturated heterocycles. The first-order valence-electron chi connectivity index (χ1n) is 10.3. The molecule has 0 spiro atoms. The van der Waals surface area contributed by atoms with Gasteiger partial charge in [-0.05, 0) is 73.0 Å². The van der Waals surface area contributed by atoms with Crippen LogP contribution in [0.2, 0.25) is 0 Å². The fourth-order valence-corrected chi connectivity index (χ4v) is 5.50. The molecule has 150 valence electrons. The average molecular weight is 416 g/mol. The number of aromatic nitrogens is 2. The van der Waals surface area contributed by atoms with E-state index in [9.17, 15) is 4.79 Å². The van der Waals surface area contributed by atoms with Crippen LogP contribution in [-0.2, 0) is 0 Å². The van der Waals surface area contributed by atoms with Crippen LogP contribution in [0.3, 0.4) is 0 Å². The minimum Gasteiger partial charge on any atom is -0.353 e. The Hall–Kier alpha value is -3.19. The van der Waals surface area contributed by atoms with Gasteiger partial charge in [-0.2, -0.15) is 0 Å². The number of carbonyl (C=O) groups excluding carboxylic acids is 1. The summed E-state index contributed by atoms with van der Waals surface area (Å²) in [6.07, 6.45) is 5.64. The zero-order chi connectivity index (χ0) is 20.1. The predicted molar refractivity (Wildman–Crippen MR) is 122 cm³/mol. The van der Waals surface area contributed by atoms with Gasteiger partial charge in [-0.1, -0.05) is 0 Å². The maximum atomic E-state index is 12.4. The average Bonchev–Trinajstić information content (AvgIpc) is 3.50. The van der Waals surface area contributed by atoms with E-state index < -0.39 is 0 Å². The molecule has 30 heavy (non-hydrogen) atoms. The maximum absolute atomic E-state index is 12.4. The molecule has 6 rings (SSSR count). The van der Waals surface area contributed by atoms with Gasteiger partial charge < -0.3 is 15.5 Å². The van der Waals surface area contributed by atoms with Gasteiger partial charge in [-0.25, -0.2) is 14.8 Å². The maximum Gasteiger partial charge on any atom is 0.323 e. The van der Waals surface area contributed by atoms with Gasteiger partial charge in [0, 0.05) is 29.0 Å². The Morgan fingerprint density at radius 3 is 2.80 bits per heavy atom. The number of nitrogens with zero attached hydrogens (tertiary/aromatic N) is 3. The summed E-state index contributed by atoms with van der Waals surface area (Å²) in [4.78, 5) is 25.1. The number of amides is 2. The summed E-state index contributed by atoms with van der Waals surface area (Å²) < 4.78 is 0. The van der Waals surface area contributed by atoms with Gasteiger partial charge in [0.2, 0.25) is 0 Å². The molecule has 2 amide bonds. The molecule has 7 heteroatoms. The summed E-state index contributed by atoms with van der Waals surface area (Å²) in [5, 5.41) is 9.79. The number of piperidine rings is 1. The molecule has 1 aliphatic carbocycles. The van der Waals surface area contributed by atoms with Crippen LogP contribution in [0.1, 0.15) is 19.3 Å². The molecule has 2 bridgehead atoms. The lowest BCUT2D eigenvalue weighted by Gasteiger charge is -2.28. The Balaban J connectivity index is 1.18. The third-order valence-electron chi connectivity index (χ3n) is 6.20. The van der Waals surface area contributed by atoms with Crippen LogP contribution in [0.15, 0.2) is 54.0 Å². The molecule has 4 aromatic rings. The summed E-state index contributed by atoms with van der Waals surface area (Å²) >= 11 is 1.58. The first-order chi connectivity index (χ1) is 14.7. The molecule has 2 atom stereocenters. The number of fused-ring (bicyclic) bond motifs is 4. The first kappa shape index (κ1) is 17.7. The predicted octanol–water partition coefficient (Wildman–Crippen LogP) is 5.48. The van der Waals surface area contributed by atoms with Crippen molar-refractivity contribution in [3.63, 3.8) is 0 Å². The third kappa shape index (κ3) is 3.15. The first-order valence-corrected chi connectivity index (χ1v) is 11.2. The van der Waals surface area contributed by atoms with E-state index in [1.165, 1.54) is 19.3 Å². The number of benzene rings is 1. The molecule has 6 nitrogen and oxygen atoms in total. The fraction of sp³-hybridized carbons (Fsp3) is 0.261. The number of rotatable bonds is 3. The van der Waals surface area contributed by atoms with E-state index in [0.717, 1.165) is 45.1 Å². The van der Waals surface area contributed by atoms with Crippen molar-refractivity contribution in [2.45, 2.75) is 25.3 Å². The molecule has 2 N–H and O–H groups in total. The molecule has 1 aliphatic heterocycles. The van der Waals surface area contributed by atoms with E-state index in [0.29, 0.717) is 11.7 Å². The zero-order valence-corrected chi connectivity index (χ0v) is 17.2. The van der Waals surface area contributed by atoms with E-state index in [1.807, 2.05) is 35.7 Å². The Labute approximate surface area is 177 Å². The fourth-order valence-electron chi connectivity index (χ4n) is 4.78. The minimum atomic E-state index is -0.289. The highest BCUT2D eigenvalue weighted by Gasteiger charge is 2.38. The normalized spacial score (nSPS) is 20.2. The van der Waals surface area contributed by atoms with Gasteiger partial charge in [0.05, 0.1) is 17.4 Å². The van der Waals surface area contributed by atoms with Crippen LogP contribution < -0.4 is 15.5 Å². The van der Waals surface area contributed by atoms with Crippen LogP contribution in [0.5, 0.6) is 0 Å². The highest BCUT2D eigenvalue weighted by Crippen LogP contribution is 2.39. The quantitative estimate of drug-likeness (QED) is 0.465. The lowest BCUT2D eigenvalue weighted by atomic mass is 10.1. The monoisotopic (exact) mass is 415 g/mol. The number of hydrogen-bond donors (Lipinski definition) is 2. The van der Waals surface area contributed by atoms with Crippen molar-refractivity contribution in [2.75, 3.05) is 22.1 Å². The Kier molecular flexibility index (Phi) is 4.09. The van der Waals surface area contributed by atoms with Gasteiger partial charge in [0.25, 0.3) is 0 Å². The Bertz CT molecular complexity index is 1270. The van der Waals surface area contributed by atoms with Crippen molar-refractivity contribution in [3.8, 4) is 0 Å². The molecule has 0 unspecified atom stereocenters. The molecule has 0 radical (unpaired) electrons. The number of hydrogen-bond acceptors (Lipinski definition) is 5. The second kappa shape index (κ2) is 6.95. The van der Waals surface area contributed by atoms with E-state index in [2.05, 4.69) is 32.7 Å². The van der Waals surface area contributed by atoms with Crippen LogP contribution >= 0.6 is 11.3 Å². The van der Waals surface area contributed by atoms with Crippen molar-refractivity contribution in [1.82, 2.24) is 9.97 Å². The lowest BCUT2D eigenvalue weighted by Crippen LogP contribution is -2.32. The molecule has 1 saturated carbocycles. The summed E-state index contributed by atoms with van der Waals surface area (Å²) in [7, 11) is 0. The highest BCUT2D eigenvalue weighted by atomic mass is 32.1. The SMILES string of the molecule is O=C(Nc1ccc2nc(N3C[C@H]4CC[C@H]3C4)ccc2c1)Nc1cnc2sccc2c1. The second-order valence-corrected chi connectivity index (χ2v) is 9.07. The summed E-state index contributed by atoms with van der Waals surface area (Å²) in [5.74, 6) is 1.91. The van der Waals surface area contributed by atoms with Crippen LogP contribution in [0.25, 0.3) is 21.1 Å². The molecule has 3 aromatic heterocycles. The van der Waals surface area contributed by atoms with Crippen LogP contribution in [0, 0.1) is 5.92 Å². The number of thiophene rings is 1. The summed E-state index contributed by atoms with van der Waals surface area (Å²) in [6, 6.07) is 14.3. The Morgan fingerprint density at radius 1 is 1.03 bits per heavy atom. The van der Waals surface area contributed by atoms with Gasteiger partial charge in [0.1, 0.15) is 10.6 Å². The highest BCUT2D eigenvalue weighted by molar-refractivity contribution is 7.16. The van der Waals surface area contributed by atoms with E-state index in [4.69, 9.17) is 4.98 Å². The molecular formula is C23H21N5OS. The molecule has 1 aromatic carbocycles. The van der Waals surface area contributed by atoms with Crippen molar-refractivity contribution in [3.05, 3.63) is 54.0 Å². The molecule has 4 heterocycles. The topological polar surface area (TPSA) is 70.2 Å². The van der Waals surface area contributed by atoms with Crippen molar-refractivity contribution < 1.29 is 4.79 Å². The largest absolute Gasteiger partial charge is 0.353 e. The summed E-state index contributed by atoms with van der Waals surface area (Å²) in [6.45, 7) is 1.13. The zero-order valence-electron chi connectivity index (χ0n) is 16.3. The van der Waals surface area contributed by atoms with Crippen molar-refractivity contribution in [1.29, 1.82) is 0 Å². The minimum absolute atomic E-state index is 0.289. The van der Waals surface area contributed by atoms with Gasteiger partial charge in [0.15, 0.2) is 0 Å². The lowest BCUT2D eigenvalue weighted by molar-refractivity contribution is 0.262. The molecule has 2 aliphatic rings. The van der Waals surface area contributed by atoms with E-state index in [1.54, 1.807) is 17.5 Å². The van der Waals surface area contributed by atoms with Crippen molar-refractivity contribution in [2.24, 2.45) is 5.92 Å². The third-order valence-corrected chi connectivity index (χ3v) is 7.04. The van der Waals surface area contributed by atoms with Crippen LogP contribution in [0.4, 0.5) is 22.0 Å². The van der Waals surface area contributed by atoms with E-state index >= 15 is 0 Å². The second-order valence-electron chi connectivity index (χ2n) is 8.18. The standard InChI is InChI=1S/C23H21N5OS/c29-23(26-18-11-16-7-8-30-22(16)24-12-18)25-17-3-5-20-15(10-17)2-6-21(27-20)28-13-14-1-4-19(28)9-14/h2-3,5-8,10-12,14,19H,1,4,9,13H2,(H2,25,26,29)/t14-,19-/m0/s1. The van der Waals surface area contributed by atoms with Crippen LogP contribution in [-0.4, -0.2) is 28.6 Å². The van der Waals surface area contributed by atoms with E-state index in [-0.39, 0.29) is 6.03 Å². The number of anilines is 3. The Morgan fingerprint density at radius 2 is 1.93 bits per heavy atom. The smallest absolute Gasteiger partial charge is 0.323 e. The molecule has 2 fully saturated rings. The number of nitrogens with one attached hydrogen (secondary N) is 2. The number of urea groups is 1. The summed E-state index contributed by atoms with van der Waals surface area (Å²) in [5.41, 5.74) is 2.36. The number of carbonyl (C=O) groups is 1. The molecular weight excluding hydrogens is 394 g/mol.